The van der Waals surface area contributed by atoms with Crippen LogP contribution in [0.3, 0.4) is 0 Å². The van der Waals surface area contributed by atoms with Crippen LogP contribution in [0.15, 0.2) is 0 Å². The van der Waals surface area contributed by atoms with E-state index in [0.29, 0.717) is 0 Å². The molecule has 0 bridgehead atoms. The predicted molar refractivity (Wildman–Crippen MR) is 185 cm³/mol. The minimum atomic E-state index is -4.43. The van der Waals surface area contributed by atoms with Gasteiger partial charge in [0.05, 0.1) is 0 Å². The van der Waals surface area contributed by atoms with E-state index in [2.05, 4.69) is 127 Å². The van der Waals surface area contributed by atoms with Gasteiger partial charge in [0.1, 0.15) is 0 Å². The summed E-state index contributed by atoms with van der Waals surface area (Å²) in [6, 6.07) is 0. The van der Waals surface area contributed by atoms with E-state index < -0.39 is 40.8 Å². The van der Waals surface area contributed by atoms with Crippen molar-refractivity contribution in [1.29, 1.82) is 0 Å². The van der Waals surface area contributed by atoms with Crippen molar-refractivity contribution in [2.24, 2.45) is 0 Å². The van der Waals surface area contributed by atoms with Crippen LogP contribution in [0.1, 0.15) is 55.4 Å². The van der Waals surface area contributed by atoms with E-state index in [0.717, 1.165) is 63.9 Å². The molecule has 0 amide bonds. The fourth-order valence-electron chi connectivity index (χ4n) is 7.47. The Labute approximate surface area is 247 Å². The zero-order chi connectivity index (χ0) is 31.2. The van der Waals surface area contributed by atoms with Gasteiger partial charge in [-0.2, -0.15) is 0 Å². The third-order valence-corrected chi connectivity index (χ3v) is 34.1. The van der Waals surface area contributed by atoms with Crippen molar-refractivity contribution in [1.82, 2.24) is 18.7 Å². The molecular formula is C26H68N4O4P2SSi2. The van der Waals surface area contributed by atoms with Crippen LogP contribution in [0.5, 0.6) is 0 Å². The molecule has 0 aromatic carbocycles. The monoisotopic (exact) mass is 650 g/mol. The molecule has 0 aliphatic heterocycles. The van der Waals surface area contributed by atoms with E-state index in [4.69, 9.17) is 7.94 Å². The van der Waals surface area contributed by atoms with Crippen LogP contribution in [0, 0.1) is 0 Å². The molecule has 0 fully saturated rings. The molecule has 0 radical (unpaired) electrons. The van der Waals surface area contributed by atoms with Crippen LogP contribution < -0.4 is 0 Å². The first kappa shape index (κ1) is 40.0. The van der Waals surface area contributed by atoms with Gasteiger partial charge < -0.3 is 0 Å². The van der Waals surface area contributed by atoms with Crippen molar-refractivity contribution in [3.63, 3.8) is 0 Å². The quantitative estimate of drug-likeness (QED) is 0.101. The molecule has 0 saturated heterocycles. The first-order valence-electron chi connectivity index (χ1n) is 15.3. The number of rotatable bonds is 20. The SMILES string of the molecule is CCN(CC)P(C)(C[Si](C)(C)C)(OS(=O)(=O)OP(C)(C[Si](C)(C)C)(N(CC)CC)N(CC)CC)N(CC)CC. The first-order valence-corrected chi connectivity index (χ1v) is 29.4. The molecule has 39 heavy (non-hydrogen) atoms. The molecule has 13 heteroatoms. The number of hydrogen-bond acceptors (Lipinski definition) is 8. The van der Waals surface area contributed by atoms with Crippen molar-refractivity contribution < 1.29 is 16.4 Å². The number of hydrogen-bond donors (Lipinski definition) is 0. The van der Waals surface area contributed by atoms with Crippen LogP contribution in [0.4, 0.5) is 0 Å². The molecule has 0 aliphatic rings. The van der Waals surface area contributed by atoms with Crippen molar-refractivity contribution in [3.05, 3.63) is 0 Å². The summed E-state index contributed by atoms with van der Waals surface area (Å²) >= 11 is 0. The Morgan fingerprint density at radius 3 is 0.795 bits per heavy atom. The van der Waals surface area contributed by atoms with Crippen molar-refractivity contribution in [2.75, 3.05) is 77.3 Å². The maximum absolute atomic E-state index is 14.7. The summed E-state index contributed by atoms with van der Waals surface area (Å²) in [4.78, 5) is 0. The topological polar surface area (TPSA) is 65.6 Å². The van der Waals surface area contributed by atoms with E-state index in [1.807, 2.05) is 0 Å². The van der Waals surface area contributed by atoms with Crippen LogP contribution in [-0.2, 0) is 18.3 Å². The van der Waals surface area contributed by atoms with Gasteiger partial charge >= 0.3 is 248 Å². The van der Waals surface area contributed by atoms with Gasteiger partial charge in [-0.15, -0.1) is 0 Å². The minimum absolute atomic E-state index is 0.720. The van der Waals surface area contributed by atoms with E-state index >= 15 is 0 Å². The average molecular weight is 651 g/mol. The molecule has 0 aliphatic carbocycles. The summed E-state index contributed by atoms with van der Waals surface area (Å²) in [5.74, 6) is 1.52. The Morgan fingerprint density at radius 2 is 0.667 bits per heavy atom. The molecule has 0 aromatic rings. The van der Waals surface area contributed by atoms with Crippen LogP contribution in [0.2, 0.25) is 39.3 Å². The van der Waals surface area contributed by atoms with Gasteiger partial charge in [-0.3, -0.25) is 0 Å². The van der Waals surface area contributed by atoms with Gasteiger partial charge in [0.2, 0.25) is 0 Å². The van der Waals surface area contributed by atoms with Gasteiger partial charge in [0.15, 0.2) is 0 Å². The summed E-state index contributed by atoms with van der Waals surface area (Å²) in [5, 5.41) is 0. The van der Waals surface area contributed by atoms with Gasteiger partial charge in [-0.05, 0) is 0 Å². The van der Waals surface area contributed by atoms with Crippen molar-refractivity contribution in [3.8, 4) is 0 Å². The van der Waals surface area contributed by atoms with Crippen LogP contribution >= 0.6 is 14.3 Å². The standard InChI is InChI=1S/C26H68N4O4P2SSi2/c1-17-27(18-2)35(9,25-38(11,12)13,28(19-3)20-4)33-37(31,32)34-36(10,26-39(14,15)16,29(21-5)22-6)30(23-7)24-8/h17-26H2,1-16H3. The molecule has 0 unspecified atom stereocenters. The molecule has 0 rings (SSSR count). The van der Waals surface area contributed by atoms with Crippen LogP contribution in [0.25, 0.3) is 0 Å². The summed E-state index contributed by atoms with van der Waals surface area (Å²) in [6.45, 7) is 40.9. The number of nitrogens with zero attached hydrogens (tertiary/aromatic N) is 4. The Kier molecular flexibility index (Phi) is 14.6. The van der Waals surface area contributed by atoms with Crippen molar-refractivity contribution in [2.45, 2.75) is 94.7 Å². The molecule has 0 N–H and O–H groups in total. The van der Waals surface area contributed by atoms with Gasteiger partial charge in [-0.1, -0.05) is 0 Å². The van der Waals surface area contributed by atoms with E-state index in [1.54, 1.807) is 0 Å². The van der Waals surface area contributed by atoms with Crippen molar-refractivity contribution >= 4 is 40.8 Å². The Bertz CT molecular complexity index is 780. The predicted octanol–water partition coefficient (Wildman–Crippen LogP) is 7.24. The third kappa shape index (κ3) is 9.01. The van der Waals surface area contributed by atoms with E-state index in [9.17, 15) is 8.42 Å². The molecular weight excluding hydrogens is 582 g/mol. The third-order valence-electron chi connectivity index (χ3n) is 8.07. The second kappa shape index (κ2) is 14.2. The molecule has 0 spiro atoms. The second-order valence-corrected chi connectivity index (χ2v) is 37.0. The van der Waals surface area contributed by atoms with Crippen LogP contribution in [-0.4, -0.2) is 121 Å². The maximum atomic E-state index is 14.7. The normalized spacial score (nSPS) is 16.6. The zero-order valence-electron chi connectivity index (χ0n) is 28.8. The van der Waals surface area contributed by atoms with Gasteiger partial charge in [0.25, 0.3) is 0 Å². The second-order valence-electron chi connectivity index (χ2n) is 13.7. The Morgan fingerprint density at radius 1 is 0.487 bits per heavy atom. The Hall–Kier alpha value is 1.00. The van der Waals surface area contributed by atoms with E-state index in [-0.39, 0.29) is 0 Å². The molecule has 0 heterocycles. The van der Waals surface area contributed by atoms with Gasteiger partial charge in [-0.25, -0.2) is 0 Å². The molecule has 0 aromatic heterocycles. The Balaban J connectivity index is 7.69. The van der Waals surface area contributed by atoms with E-state index in [1.165, 1.54) is 0 Å². The fraction of sp³-hybridized carbons (Fsp3) is 1.00. The first-order chi connectivity index (χ1) is 17.5. The van der Waals surface area contributed by atoms with Gasteiger partial charge in [0, 0.05) is 0 Å². The molecule has 0 atom stereocenters. The summed E-state index contributed by atoms with van der Waals surface area (Å²) in [7, 11) is -15.3. The molecule has 240 valence electrons. The molecule has 0 saturated carbocycles. The summed E-state index contributed by atoms with van der Waals surface area (Å²) in [5.41, 5.74) is 0. The summed E-state index contributed by atoms with van der Waals surface area (Å²) in [6.07, 6.45) is 0. The average Bonchev–Trinajstić information content (AvgIpc) is 2.72. The molecule has 8 nitrogen and oxygen atoms in total. The zero-order valence-corrected chi connectivity index (χ0v) is 33.4. The summed E-state index contributed by atoms with van der Waals surface area (Å²) < 4.78 is 52.5. The fourth-order valence-corrected chi connectivity index (χ4v) is 41.7.